The van der Waals surface area contributed by atoms with Crippen molar-refractivity contribution in [3.05, 3.63) is 0 Å². The third-order valence-electron chi connectivity index (χ3n) is 4.73. The van der Waals surface area contributed by atoms with E-state index in [0.717, 1.165) is 18.8 Å². The summed E-state index contributed by atoms with van der Waals surface area (Å²) in [7, 11) is 0. The monoisotopic (exact) mass is 336 g/mol. The van der Waals surface area contributed by atoms with Gasteiger partial charge in [-0.1, -0.05) is 0 Å². The Morgan fingerprint density at radius 1 is 1.26 bits per heavy atom. The quantitative estimate of drug-likeness (QED) is 0.811. The number of alkyl halides is 3. The van der Waals surface area contributed by atoms with E-state index in [1.807, 2.05) is 0 Å². The SMILES string of the molecule is O=C(O)C(F)(F)F.O=C1CCCC2(CCN(CC3CC3)CC2)N1. The van der Waals surface area contributed by atoms with Gasteiger partial charge in [0.05, 0.1) is 0 Å². The van der Waals surface area contributed by atoms with E-state index in [0.29, 0.717) is 0 Å². The summed E-state index contributed by atoms with van der Waals surface area (Å²) in [5.74, 6) is -1.48. The minimum absolute atomic E-state index is 0.176. The predicted molar refractivity (Wildman–Crippen MR) is 76.8 cm³/mol. The molecule has 2 N–H and O–H groups in total. The molecule has 0 aromatic carbocycles. The normalized spacial score (nSPS) is 24.6. The molecule has 1 aliphatic carbocycles. The van der Waals surface area contributed by atoms with Crippen molar-refractivity contribution >= 4 is 11.9 Å². The van der Waals surface area contributed by atoms with Gasteiger partial charge in [-0.25, -0.2) is 4.79 Å². The van der Waals surface area contributed by atoms with Gasteiger partial charge < -0.3 is 15.3 Å². The lowest BCUT2D eigenvalue weighted by molar-refractivity contribution is -0.192. The highest BCUT2D eigenvalue weighted by atomic mass is 19.4. The average Bonchev–Trinajstić information content (AvgIpc) is 3.25. The minimum atomic E-state index is -5.08. The van der Waals surface area contributed by atoms with Gasteiger partial charge in [0, 0.05) is 31.6 Å². The van der Waals surface area contributed by atoms with E-state index < -0.39 is 12.1 Å². The molecule has 0 aromatic rings. The van der Waals surface area contributed by atoms with Crippen molar-refractivity contribution in [1.29, 1.82) is 0 Å². The molecule has 3 rings (SSSR count). The van der Waals surface area contributed by atoms with Gasteiger partial charge in [0.1, 0.15) is 0 Å². The average molecular weight is 336 g/mol. The summed E-state index contributed by atoms with van der Waals surface area (Å²) in [5, 5.41) is 10.4. The molecule has 132 valence electrons. The number of carboxylic acid groups (broad SMARTS) is 1. The molecule has 0 radical (unpaired) electrons. The number of carbonyl (C=O) groups excluding carboxylic acids is 1. The van der Waals surface area contributed by atoms with Gasteiger partial charge in [0.15, 0.2) is 0 Å². The molecule has 3 aliphatic rings. The number of hydrogen-bond donors (Lipinski definition) is 2. The number of likely N-dealkylation sites (tertiary alicyclic amines) is 1. The molecule has 2 heterocycles. The molecule has 0 atom stereocenters. The highest BCUT2D eigenvalue weighted by Crippen LogP contribution is 2.34. The van der Waals surface area contributed by atoms with Gasteiger partial charge in [-0.15, -0.1) is 0 Å². The van der Waals surface area contributed by atoms with Gasteiger partial charge in [-0.3, -0.25) is 4.79 Å². The maximum atomic E-state index is 11.5. The van der Waals surface area contributed by atoms with Gasteiger partial charge in [0.2, 0.25) is 5.91 Å². The third-order valence-corrected chi connectivity index (χ3v) is 4.73. The molecular formula is C15H23F3N2O3. The summed E-state index contributed by atoms with van der Waals surface area (Å²) in [6, 6.07) is 0. The first-order valence-corrected chi connectivity index (χ1v) is 8.04. The van der Waals surface area contributed by atoms with Crippen molar-refractivity contribution < 1.29 is 27.9 Å². The van der Waals surface area contributed by atoms with Gasteiger partial charge >= 0.3 is 12.1 Å². The van der Waals surface area contributed by atoms with Crippen LogP contribution in [-0.2, 0) is 9.59 Å². The molecule has 0 bridgehead atoms. The van der Waals surface area contributed by atoms with Crippen LogP contribution in [0.2, 0.25) is 0 Å². The van der Waals surface area contributed by atoms with Crippen LogP contribution in [0, 0.1) is 5.92 Å². The molecule has 5 nitrogen and oxygen atoms in total. The summed E-state index contributed by atoms with van der Waals surface area (Å²) >= 11 is 0. The van der Waals surface area contributed by atoms with Crippen LogP contribution in [0.4, 0.5) is 13.2 Å². The summed E-state index contributed by atoms with van der Waals surface area (Å²) in [6.45, 7) is 3.69. The maximum Gasteiger partial charge on any atom is 0.490 e. The molecule has 0 unspecified atom stereocenters. The van der Waals surface area contributed by atoms with E-state index >= 15 is 0 Å². The zero-order valence-corrected chi connectivity index (χ0v) is 13.0. The van der Waals surface area contributed by atoms with Crippen molar-refractivity contribution in [3.63, 3.8) is 0 Å². The van der Waals surface area contributed by atoms with Crippen LogP contribution in [-0.4, -0.2) is 53.2 Å². The number of carboxylic acids is 1. The molecule has 0 aromatic heterocycles. The Hall–Kier alpha value is -1.31. The van der Waals surface area contributed by atoms with Gasteiger partial charge in [0.25, 0.3) is 0 Å². The molecular weight excluding hydrogens is 313 g/mol. The first-order chi connectivity index (χ1) is 10.7. The van der Waals surface area contributed by atoms with Crippen LogP contribution in [0.3, 0.4) is 0 Å². The molecule has 2 aliphatic heterocycles. The van der Waals surface area contributed by atoms with Crippen molar-refractivity contribution in [2.24, 2.45) is 5.92 Å². The smallest absolute Gasteiger partial charge is 0.475 e. The molecule has 1 spiro atoms. The van der Waals surface area contributed by atoms with Crippen LogP contribution >= 0.6 is 0 Å². The topological polar surface area (TPSA) is 69.6 Å². The van der Waals surface area contributed by atoms with Crippen LogP contribution in [0.5, 0.6) is 0 Å². The number of aliphatic carboxylic acids is 1. The second kappa shape index (κ2) is 7.07. The Bertz CT molecular complexity index is 442. The molecule has 8 heteroatoms. The van der Waals surface area contributed by atoms with Crippen LogP contribution in [0.1, 0.15) is 44.9 Å². The zero-order chi connectivity index (χ0) is 17.1. The predicted octanol–water partition coefficient (Wildman–Crippen LogP) is 2.16. The number of amides is 1. The lowest BCUT2D eigenvalue weighted by Crippen LogP contribution is -2.57. The second-order valence-electron chi connectivity index (χ2n) is 6.73. The number of halogens is 3. The first kappa shape index (κ1) is 18.0. The number of nitrogens with one attached hydrogen (secondary N) is 1. The maximum absolute atomic E-state index is 11.5. The number of hydrogen-bond acceptors (Lipinski definition) is 3. The fourth-order valence-electron chi connectivity index (χ4n) is 3.21. The van der Waals surface area contributed by atoms with E-state index in [9.17, 15) is 18.0 Å². The van der Waals surface area contributed by atoms with Crippen LogP contribution < -0.4 is 5.32 Å². The highest BCUT2D eigenvalue weighted by molar-refractivity contribution is 5.77. The zero-order valence-electron chi connectivity index (χ0n) is 13.0. The number of rotatable bonds is 2. The van der Waals surface area contributed by atoms with E-state index in [-0.39, 0.29) is 11.4 Å². The van der Waals surface area contributed by atoms with Crippen molar-refractivity contribution in [2.75, 3.05) is 19.6 Å². The molecule has 1 amide bonds. The third kappa shape index (κ3) is 5.67. The van der Waals surface area contributed by atoms with E-state index in [1.54, 1.807) is 0 Å². The summed E-state index contributed by atoms with van der Waals surface area (Å²) < 4.78 is 31.7. The number of piperidine rings is 2. The molecule has 1 saturated carbocycles. The van der Waals surface area contributed by atoms with Crippen molar-refractivity contribution in [2.45, 2.75) is 56.7 Å². The fraction of sp³-hybridized carbons (Fsp3) is 0.867. The lowest BCUT2D eigenvalue weighted by Gasteiger charge is -2.44. The molecule has 3 fully saturated rings. The Kier molecular flexibility index (Phi) is 5.54. The minimum Gasteiger partial charge on any atom is -0.475 e. The Labute approximate surface area is 133 Å². The Morgan fingerprint density at radius 2 is 1.83 bits per heavy atom. The molecule has 2 saturated heterocycles. The summed E-state index contributed by atoms with van der Waals surface area (Å²) in [4.78, 5) is 23.0. The van der Waals surface area contributed by atoms with E-state index in [1.165, 1.54) is 51.7 Å². The summed E-state index contributed by atoms with van der Waals surface area (Å²) in [5.41, 5.74) is 0.176. The second-order valence-corrected chi connectivity index (χ2v) is 6.73. The van der Waals surface area contributed by atoms with Crippen molar-refractivity contribution in [3.8, 4) is 0 Å². The largest absolute Gasteiger partial charge is 0.490 e. The standard InChI is InChI=1S/C13H22N2O.C2HF3O2/c16-12-2-1-5-13(14-12)6-8-15(9-7-13)10-11-3-4-11;3-2(4,5)1(6)7/h11H,1-10H2,(H,14,16);(H,6,7). The first-order valence-electron chi connectivity index (χ1n) is 8.04. The fourth-order valence-corrected chi connectivity index (χ4v) is 3.21. The van der Waals surface area contributed by atoms with E-state index in [2.05, 4.69) is 10.2 Å². The highest BCUT2D eigenvalue weighted by Gasteiger charge is 2.39. The Morgan fingerprint density at radius 3 is 2.26 bits per heavy atom. The Balaban J connectivity index is 0.000000236. The van der Waals surface area contributed by atoms with E-state index in [4.69, 9.17) is 9.90 Å². The molecule has 23 heavy (non-hydrogen) atoms. The lowest BCUT2D eigenvalue weighted by atomic mass is 9.80. The summed E-state index contributed by atoms with van der Waals surface area (Å²) in [6.07, 6.45) is 3.19. The van der Waals surface area contributed by atoms with Crippen molar-refractivity contribution in [1.82, 2.24) is 10.2 Å². The van der Waals surface area contributed by atoms with Crippen LogP contribution in [0.25, 0.3) is 0 Å². The number of carbonyl (C=O) groups is 2. The van der Waals surface area contributed by atoms with Gasteiger partial charge in [-0.2, -0.15) is 13.2 Å². The van der Waals surface area contributed by atoms with Crippen LogP contribution in [0.15, 0.2) is 0 Å². The number of nitrogens with zero attached hydrogens (tertiary/aromatic N) is 1. The van der Waals surface area contributed by atoms with Gasteiger partial charge in [-0.05, 0) is 44.4 Å².